The highest BCUT2D eigenvalue weighted by Crippen LogP contribution is 2.60. The number of hydrogen-bond acceptors (Lipinski definition) is 1. The first kappa shape index (κ1) is 14.0. The molecule has 16 heavy (non-hydrogen) atoms. The minimum absolute atomic E-state index is 0.636. The fourth-order valence-electron chi connectivity index (χ4n) is 3.31. The first-order valence-corrected chi connectivity index (χ1v) is 7.09. The van der Waals surface area contributed by atoms with Crippen molar-refractivity contribution in [1.29, 1.82) is 0 Å². The molecule has 1 nitrogen and oxygen atoms in total. The van der Waals surface area contributed by atoms with Crippen molar-refractivity contribution in [2.75, 3.05) is 6.54 Å². The van der Waals surface area contributed by atoms with E-state index in [1.807, 2.05) is 0 Å². The Labute approximate surface area is 102 Å². The average Bonchev–Trinajstić information content (AvgIpc) is 2.71. The molecule has 1 saturated carbocycles. The lowest BCUT2D eigenvalue weighted by Crippen LogP contribution is -2.27. The van der Waals surface area contributed by atoms with Crippen LogP contribution >= 0.6 is 0 Å². The molecule has 0 spiro atoms. The topological polar surface area (TPSA) is 12.0 Å². The monoisotopic (exact) mass is 225 g/mol. The lowest BCUT2D eigenvalue weighted by molar-refractivity contribution is 0.289. The molecule has 0 aromatic rings. The van der Waals surface area contributed by atoms with Crippen LogP contribution in [0.1, 0.15) is 60.8 Å². The molecule has 0 amide bonds. The molecule has 0 heterocycles. The predicted molar refractivity (Wildman–Crippen MR) is 72.6 cm³/mol. The standard InChI is InChI=1S/C15H31N/c1-11(2)7-15(8-12(3)4)9-14(15)10-16-13(5)6/h11-14,16H,7-10H2,1-6H3. The van der Waals surface area contributed by atoms with Crippen molar-refractivity contribution in [1.82, 2.24) is 5.32 Å². The van der Waals surface area contributed by atoms with Gasteiger partial charge in [0.1, 0.15) is 0 Å². The minimum Gasteiger partial charge on any atom is -0.314 e. The summed E-state index contributed by atoms with van der Waals surface area (Å²) in [6.45, 7) is 15.2. The fraction of sp³-hybridized carbons (Fsp3) is 1.00. The van der Waals surface area contributed by atoms with Gasteiger partial charge in [-0.2, -0.15) is 0 Å². The van der Waals surface area contributed by atoms with Gasteiger partial charge in [-0.3, -0.25) is 0 Å². The zero-order valence-corrected chi connectivity index (χ0v) is 12.1. The fourth-order valence-corrected chi connectivity index (χ4v) is 3.31. The number of nitrogens with one attached hydrogen (secondary N) is 1. The van der Waals surface area contributed by atoms with Crippen molar-refractivity contribution < 1.29 is 0 Å². The van der Waals surface area contributed by atoms with E-state index in [9.17, 15) is 0 Å². The Kier molecular flexibility index (Phi) is 4.85. The maximum absolute atomic E-state index is 3.61. The second-order valence-corrected chi connectivity index (χ2v) is 7.02. The molecule has 1 atom stereocenters. The lowest BCUT2D eigenvalue weighted by atomic mass is 9.84. The molecule has 0 radical (unpaired) electrons. The van der Waals surface area contributed by atoms with Gasteiger partial charge in [-0.15, -0.1) is 0 Å². The first-order chi connectivity index (χ1) is 7.35. The van der Waals surface area contributed by atoms with E-state index in [0.717, 1.165) is 17.8 Å². The zero-order valence-electron chi connectivity index (χ0n) is 12.1. The minimum atomic E-state index is 0.636. The average molecular weight is 225 g/mol. The molecule has 0 aromatic carbocycles. The summed E-state index contributed by atoms with van der Waals surface area (Å²) in [4.78, 5) is 0. The summed E-state index contributed by atoms with van der Waals surface area (Å²) >= 11 is 0. The molecule has 1 fully saturated rings. The Morgan fingerprint density at radius 3 is 1.88 bits per heavy atom. The van der Waals surface area contributed by atoms with Gasteiger partial charge in [0.05, 0.1) is 0 Å². The highest BCUT2D eigenvalue weighted by molar-refractivity contribution is 5.03. The molecule has 1 aliphatic rings. The van der Waals surface area contributed by atoms with E-state index >= 15 is 0 Å². The van der Waals surface area contributed by atoms with Gasteiger partial charge in [0.2, 0.25) is 0 Å². The van der Waals surface area contributed by atoms with Crippen molar-refractivity contribution in [2.24, 2.45) is 23.2 Å². The molecule has 0 saturated heterocycles. The molecular weight excluding hydrogens is 194 g/mol. The first-order valence-electron chi connectivity index (χ1n) is 7.09. The van der Waals surface area contributed by atoms with Crippen LogP contribution in [0, 0.1) is 23.2 Å². The van der Waals surface area contributed by atoms with E-state index < -0.39 is 0 Å². The smallest absolute Gasteiger partial charge is 0.00104 e. The Morgan fingerprint density at radius 2 is 1.50 bits per heavy atom. The maximum Gasteiger partial charge on any atom is 0.00104 e. The molecule has 1 heteroatoms. The van der Waals surface area contributed by atoms with Gasteiger partial charge >= 0.3 is 0 Å². The quantitative estimate of drug-likeness (QED) is 0.688. The Morgan fingerprint density at radius 1 is 1.00 bits per heavy atom. The summed E-state index contributed by atoms with van der Waals surface area (Å²) < 4.78 is 0. The zero-order chi connectivity index (χ0) is 12.3. The normalized spacial score (nSPS) is 23.4. The summed E-state index contributed by atoms with van der Waals surface area (Å²) in [5, 5.41) is 3.61. The van der Waals surface area contributed by atoms with Gasteiger partial charge < -0.3 is 5.32 Å². The Balaban J connectivity index is 2.43. The number of hydrogen-bond donors (Lipinski definition) is 1. The molecular formula is C15H31N. The van der Waals surface area contributed by atoms with Crippen LogP contribution in [0.3, 0.4) is 0 Å². The van der Waals surface area contributed by atoms with Gasteiger partial charge in [-0.05, 0) is 49.0 Å². The van der Waals surface area contributed by atoms with E-state index in [1.165, 1.54) is 25.8 Å². The highest BCUT2D eigenvalue weighted by Gasteiger charge is 2.52. The summed E-state index contributed by atoms with van der Waals surface area (Å²) in [6, 6.07) is 0.636. The van der Waals surface area contributed by atoms with Crippen LogP contribution in [0.25, 0.3) is 0 Å². The predicted octanol–water partition coefficient (Wildman–Crippen LogP) is 4.08. The molecule has 1 N–H and O–H groups in total. The van der Waals surface area contributed by atoms with Crippen LogP contribution in [0.2, 0.25) is 0 Å². The molecule has 1 unspecified atom stereocenters. The Bertz CT molecular complexity index is 195. The van der Waals surface area contributed by atoms with E-state index in [0.29, 0.717) is 11.5 Å². The van der Waals surface area contributed by atoms with Gasteiger partial charge in [0.25, 0.3) is 0 Å². The van der Waals surface area contributed by atoms with E-state index in [1.54, 1.807) is 0 Å². The van der Waals surface area contributed by atoms with Crippen LogP contribution < -0.4 is 5.32 Å². The van der Waals surface area contributed by atoms with Gasteiger partial charge in [-0.25, -0.2) is 0 Å². The summed E-state index contributed by atoms with van der Waals surface area (Å²) in [7, 11) is 0. The third kappa shape index (κ3) is 4.08. The molecule has 0 aromatic heterocycles. The van der Waals surface area contributed by atoms with Crippen molar-refractivity contribution >= 4 is 0 Å². The van der Waals surface area contributed by atoms with Crippen LogP contribution in [0.15, 0.2) is 0 Å². The van der Waals surface area contributed by atoms with Crippen LogP contribution in [0.5, 0.6) is 0 Å². The van der Waals surface area contributed by atoms with Crippen LogP contribution in [-0.4, -0.2) is 12.6 Å². The molecule has 0 bridgehead atoms. The second kappa shape index (κ2) is 5.53. The van der Waals surface area contributed by atoms with Crippen LogP contribution in [0.4, 0.5) is 0 Å². The summed E-state index contributed by atoms with van der Waals surface area (Å²) in [5.74, 6) is 2.64. The third-order valence-electron chi connectivity index (χ3n) is 3.76. The SMILES string of the molecule is CC(C)CC1(CC(C)C)CC1CNC(C)C. The molecule has 96 valence electrons. The molecule has 1 rings (SSSR count). The molecule has 1 aliphatic carbocycles. The van der Waals surface area contributed by atoms with Gasteiger partial charge in [-0.1, -0.05) is 41.5 Å². The lowest BCUT2D eigenvalue weighted by Gasteiger charge is -2.22. The summed E-state index contributed by atoms with van der Waals surface area (Å²) in [6.07, 6.45) is 4.31. The summed E-state index contributed by atoms with van der Waals surface area (Å²) in [5.41, 5.74) is 0.685. The Hall–Kier alpha value is -0.0400. The van der Waals surface area contributed by atoms with Gasteiger partial charge in [0, 0.05) is 6.04 Å². The third-order valence-corrected chi connectivity index (χ3v) is 3.76. The van der Waals surface area contributed by atoms with Crippen molar-refractivity contribution in [3.05, 3.63) is 0 Å². The van der Waals surface area contributed by atoms with Gasteiger partial charge in [0.15, 0.2) is 0 Å². The van der Waals surface area contributed by atoms with Crippen molar-refractivity contribution in [3.8, 4) is 0 Å². The largest absolute Gasteiger partial charge is 0.314 e. The van der Waals surface area contributed by atoms with Crippen LogP contribution in [-0.2, 0) is 0 Å². The number of rotatable bonds is 7. The van der Waals surface area contributed by atoms with Crippen molar-refractivity contribution in [2.45, 2.75) is 66.8 Å². The molecule has 0 aliphatic heterocycles. The van der Waals surface area contributed by atoms with Crippen molar-refractivity contribution in [3.63, 3.8) is 0 Å². The second-order valence-electron chi connectivity index (χ2n) is 7.02. The maximum atomic E-state index is 3.61. The van der Waals surface area contributed by atoms with E-state index in [4.69, 9.17) is 0 Å². The highest BCUT2D eigenvalue weighted by atomic mass is 14.9. The van der Waals surface area contributed by atoms with E-state index in [-0.39, 0.29) is 0 Å². The van der Waals surface area contributed by atoms with E-state index in [2.05, 4.69) is 46.9 Å².